The van der Waals surface area contributed by atoms with Gasteiger partial charge in [0, 0.05) is 6.54 Å². The standard InChI is InChI=1S/C16H17N/c1-13-6-5-9-15(12-13)16(10-11-17)14-7-3-2-4-8-14/h2-10,12H,11,17H2,1H3/b16-10+. The normalized spacial score (nSPS) is 11.5. The van der Waals surface area contributed by atoms with Gasteiger partial charge in [-0.25, -0.2) is 0 Å². The lowest BCUT2D eigenvalue weighted by molar-refractivity contribution is 1.25. The van der Waals surface area contributed by atoms with Crippen molar-refractivity contribution in [2.45, 2.75) is 6.92 Å². The van der Waals surface area contributed by atoms with Gasteiger partial charge in [0.05, 0.1) is 0 Å². The van der Waals surface area contributed by atoms with Crippen LogP contribution in [0.25, 0.3) is 5.57 Å². The zero-order chi connectivity index (χ0) is 12.1. The number of aryl methyl sites for hydroxylation is 1. The van der Waals surface area contributed by atoms with Crippen molar-refractivity contribution in [1.82, 2.24) is 0 Å². The van der Waals surface area contributed by atoms with Crippen LogP contribution in [0.2, 0.25) is 0 Å². The molecule has 0 heterocycles. The van der Waals surface area contributed by atoms with Crippen molar-refractivity contribution in [3.63, 3.8) is 0 Å². The van der Waals surface area contributed by atoms with Crippen LogP contribution < -0.4 is 5.73 Å². The van der Waals surface area contributed by atoms with Crippen LogP contribution in [0.4, 0.5) is 0 Å². The lowest BCUT2D eigenvalue weighted by Gasteiger charge is -2.09. The fourth-order valence-electron chi connectivity index (χ4n) is 1.95. The Hall–Kier alpha value is -1.86. The first-order chi connectivity index (χ1) is 8.31. The molecule has 2 aromatic carbocycles. The molecule has 0 aliphatic carbocycles. The van der Waals surface area contributed by atoms with Crippen molar-refractivity contribution in [2.24, 2.45) is 5.73 Å². The SMILES string of the molecule is Cc1cccc(/C(=C/CN)c2ccccc2)c1. The molecule has 2 rings (SSSR count). The second-order valence-electron chi connectivity index (χ2n) is 4.09. The van der Waals surface area contributed by atoms with Crippen LogP contribution in [0.15, 0.2) is 60.7 Å². The topological polar surface area (TPSA) is 26.0 Å². The monoisotopic (exact) mass is 223 g/mol. The molecule has 0 saturated carbocycles. The van der Waals surface area contributed by atoms with E-state index < -0.39 is 0 Å². The van der Waals surface area contributed by atoms with Crippen LogP contribution in [0, 0.1) is 6.92 Å². The van der Waals surface area contributed by atoms with Crippen molar-refractivity contribution in [2.75, 3.05) is 6.54 Å². The average Bonchev–Trinajstić information content (AvgIpc) is 2.37. The minimum absolute atomic E-state index is 0.554. The van der Waals surface area contributed by atoms with Crippen molar-refractivity contribution in [3.8, 4) is 0 Å². The summed E-state index contributed by atoms with van der Waals surface area (Å²) in [4.78, 5) is 0. The van der Waals surface area contributed by atoms with E-state index in [-0.39, 0.29) is 0 Å². The number of rotatable bonds is 3. The van der Waals surface area contributed by atoms with Crippen molar-refractivity contribution in [3.05, 3.63) is 77.4 Å². The van der Waals surface area contributed by atoms with Crippen molar-refractivity contribution in [1.29, 1.82) is 0 Å². The summed E-state index contributed by atoms with van der Waals surface area (Å²) in [6.45, 7) is 2.66. The molecular weight excluding hydrogens is 206 g/mol. The van der Waals surface area contributed by atoms with E-state index in [2.05, 4.69) is 61.5 Å². The van der Waals surface area contributed by atoms with Crippen LogP contribution in [0.3, 0.4) is 0 Å². The summed E-state index contributed by atoms with van der Waals surface area (Å²) in [6.07, 6.45) is 2.07. The maximum atomic E-state index is 5.67. The fraction of sp³-hybridized carbons (Fsp3) is 0.125. The van der Waals surface area contributed by atoms with Crippen LogP contribution in [-0.4, -0.2) is 6.54 Å². The van der Waals surface area contributed by atoms with Crippen LogP contribution >= 0.6 is 0 Å². The molecule has 17 heavy (non-hydrogen) atoms. The highest BCUT2D eigenvalue weighted by atomic mass is 14.5. The Balaban J connectivity index is 2.47. The molecular formula is C16H17N. The van der Waals surface area contributed by atoms with E-state index in [0.29, 0.717) is 6.54 Å². The molecule has 0 atom stereocenters. The van der Waals surface area contributed by atoms with Gasteiger partial charge in [-0.2, -0.15) is 0 Å². The highest BCUT2D eigenvalue weighted by molar-refractivity contribution is 5.80. The highest BCUT2D eigenvalue weighted by Gasteiger charge is 2.03. The molecule has 1 nitrogen and oxygen atoms in total. The van der Waals surface area contributed by atoms with E-state index in [9.17, 15) is 0 Å². The molecule has 2 N–H and O–H groups in total. The van der Waals surface area contributed by atoms with E-state index in [1.54, 1.807) is 0 Å². The largest absolute Gasteiger partial charge is 0.327 e. The van der Waals surface area contributed by atoms with Crippen LogP contribution in [0.5, 0.6) is 0 Å². The molecule has 1 heteroatoms. The molecule has 86 valence electrons. The number of nitrogens with two attached hydrogens (primary N) is 1. The van der Waals surface area contributed by atoms with Gasteiger partial charge in [-0.3, -0.25) is 0 Å². The number of benzene rings is 2. The van der Waals surface area contributed by atoms with E-state index in [0.717, 1.165) is 0 Å². The van der Waals surface area contributed by atoms with E-state index in [1.165, 1.54) is 22.3 Å². The summed E-state index contributed by atoms with van der Waals surface area (Å²) >= 11 is 0. The summed E-state index contributed by atoms with van der Waals surface area (Å²) in [5.41, 5.74) is 10.6. The second kappa shape index (κ2) is 5.46. The predicted molar refractivity (Wildman–Crippen MR) is 73.8 cm³/mol. The van der Waals surface area contributed by atoms with Gasteiger partial charge in [-0.15, -0.1) is 0 Å². The van der Waals surface area contributed by atoms with Gasteiger partial charge in [0.15, 0.2) is 0 Å². The zero-order valence-electron chi connectivity index (χ0n) is 10.1. The van der Waals surface area contributed by atoms with Gasteiger partial charge >= 0.3 is 0 Å². The van der Waals surface area contributed by atoms with Gasteiger partial charge in [-0.05, 0) is 23.6 Å². The smallest absolute Gasteiger partial charge is 0.0116 e. The highest BCUT2D eigenvalue weighted by Crippen LogP contribution is 2.23. The van der Waals surface area contributed by atoms with Gasteiger partial charge < -0.3 is 5.73 Å². The summed E-state index contributed by atoms with van der Waals surface area (Å²) < 4.78 is 0. The summed E-state index contributed by atoms with van der Waals surface area (Å²) in [5.74, 6) is 0. The van der Waals surface area contributed by atoms with Crippen molar-refractivity contribution >= 4 is 5.57 Å². The quantitative estimate of drug-likeness (QED) is 0.848. The fourth-order valence-corrected chi connectivity index (χ4v) is 1.95. The van der Waals surface area contributed by atoms with Crippen LogP contribution in [-0.2, 0) is 0 Å². The molecule has 0 amide bonds. The Labute approximate surface area is 103 Å². The first-order valence-corrected chi connectivity index (χ1v) is 5.84. The molecule has 0 aromatic heterocycles. The Morgan fingerprint density at radius 3 is 2.35 bits per heavy atom. The molecule has 0 saturated heterocycles. The Morgan fingerprint density at radius 1 is 1.00 bits per heavy atom. The predicted octanol–water partition coefficient (Wildman–Crippen LogP) is 3.39. The lowest BCUT2D eigenvalue weighted by atomic mass is 9.96. The molecule has 0 radical (unpaired) electrons. The number of hydrogen-bond donors (Lipinski definition) is 1. The maximum absolute atomic E-state index is 5.67. The lowest BCUT2D eigenvalue weighted by Crippen LogP contribution is -1.97. The third-order valence-electron chi connectivity index (χ3n) is 2.74. The first-order valence-electron chi connectivity index (χ1n) is 5.84. The first kappa shape index (κ1) is 11.6. The average molecular weight is 223 g/mol. The van der Waals surface area contributed by atoms with Gasteiger partial charge in [0.25, 0.3) is 0 Å². The summed E-state index contributed by atoms with van der Waals surface area (Å²) in [5, 5.41) is 0. The van der Waals surface area contributed by atoms with E-state index >= 15 is 0 Å². The minimum Gasteiger partial charge on any atom is -0.327 e. The minimum atomic E-state index is 0.554. The summed E-state index contributed by atoms with van der Waals surface area (Å²) in [7, 11) is 0. The van der Waals surface area contributed by atoms with E-state index in [1.807, 2.05) is 6.07 Å². The molecule has 0 fully saturated rings. The molecule has 0 aliphatic heterocycles. The second-order valence-corrected chi connectivity index (χ2v) is 4.09. The number of hydrogen-bond acceptors (Lipinski definition) is 1. The third kappa shape index (κ3) is 2.83. The summed E-state index contributed by atoms with van der Waals surface area (Å²) in [6, 6.07) is 18.9. The molecule has 0 spiro atoms. The zero-order valence-corrected chi connectivity index (χ0v) is 10.1. The van der Waals surface area contributed by atoms with Gasteiger partial charge in [0.1, 0.15) is 0 Å². The molecule has 2 aromatic rings. The Morgan fingerprint density at radius 2 is 1.71 bits per heavy atom. The van der Waals surface area contributed by atoms with Crippen LogP contribution in [0.1, 0.15) is 16.7 Å². The third-order valence-corrected chi connectivity index (χ3v) is 2.74. The van der Waals surface area contributed by atoms with Crippen molar-refractivity contribution < 1.29 is 0 Å². The Bertz CT molecular complexity index is 512. The molecule has 0 unspecified atom stereocenters. The van der Waals surface area contributed by atoms with E-state index in [4.69, 9.17) is 5.73 Å². The molecule has 0 bridgehead atoms. The van der Waals surface area contributed by atoms with Gasteiger partial charge in [0.2, 0.25) is 0 Å². The maximum Gasteiger partial charge on any atom is 0.0116 e. The molecule has 0 aliphatic rings. The van der Waals surface area contributed by atoms with Gasteiger partial charge in [-0.1, -0.05) is 66.2 Å². The Kier molecular flexibility index (Phi) is 3.73.